The molecule has 1 aromatic carbocycles. The van der Waals surface area contributed by atoms with Crippen LogP contribution >= 0.6 is 0 Å². The molecule has 2 aliphatic heterocycles. The van der Waals surface area contributed by atoms with E-state index >= 15 is 0 Å². The van der Waals surface area contributed by atoms with E-state index < -0.39 is 17.7 Å². The van der Waals surface area contributed by atoms with Crippen molar-refractivity contribution in [3.8, 4) is 0 Å². The average Bonchev–Trinajstić information content (AvgIpc) is 2.72. The van der Waals surface area contributed by atoms with Crippen molar-refractivity contribution >= 4 is 23.3 Å². The Labute approximate surface area is 109 Å². The molecule has 0 aliphatic carbocycles. The SMILES string of the molecule is CCOC(=O)C12Nc3ccccc3NC1=CC(=O)O2. The van der Waals surface area contributed by atoms with E-state index in [1.807, 2.05) is 18.2 Å². The second-order valence-electron chi connectivity index (χ2n) is 4.18. The third-order valence-corrected chi connectivity index (χ3v) is 2.97. The first-order valence-electron chi connectivity index (χ1n) is 5.92. The highest BCUT2D eigenvalue weighted by Crippen LogP contribution is 2.39. The maximum atomic E-state index is 12.1. The maximum absolute atomic E-state index is 12.1. The summed E-state index contributed by atoms with van der Waals surface area (Å²) >= 11 is 0. The third kappa shape index (κ3) is 1.64. The largest absolute Gasteiger partial charge is 0.461 e. The van der Waals surface area contributed by atoms with Gasteiger partial charge < -0.3 is 20.1 Å². The number of nitrogens with one attached hydrogen (secondary N) is 2. The van der Waals surface area contributed by atoms with Crippen LogP contribution in [0.25, 0.3) is 0 Å². The van der Waals surface area contributed by atoms with Gasteiger partial charge in [0.25, 0.3) is 0 Å². The van der Waals surface area contributed by atoms with Crippen LogP contribution in [-0.2, 0) is 19.1 Å². The molecule has 1 unspecified atom stereocenters. The molecule has 6 heteroatoms. The van der Waals surface area contributed by atoms with Crippen LogP contribution in [0.4, 0.5) is 11.4 Å². The van der Waals surface area contributed by atoms with Crippen LogP contribution in [0.3, 0.4) is 0 Å². The van der Waals surface area contributed by atoms with Crippen molar-refractivity contribution in [3.05, 3.63) is 36.0 Å². The molecule has 0 spiro atoms. The Kier molecular flexibility index (Phi) is 2.45. The van der Waals surface area contributed by atoms with Gasteiger partial charge in [-0.3, -0.25) is 0 Å². The second-order valence-corrected chi connectivity index (χ2v) is 4.18. The Morgan fingerprint density at radius 1 is 1.37 bits per heavy atom. The Balaban J connectivity index is 2.05. The van der Waals surface area contributed by atoms with Crippen molar-refractivity contribution in [2.75, 3.05) is 17.2 Å². The molecule has 6 nitrogen and oxygen atoms in total. The molecule has 2 N–H and O–H groups in total. The Hall–Kier alpha value is -2.50. The lowest BCUT2D eigenvalue weighted by molar-refractivity contribution is -0.169. The number of rotatable bonds is 2. The van der Waals surface area contributed by atoms with Crippen LogP contribution in [0.2, 0.25) is 0 Å². The van der Waals surface area contributed by atoms with Crippen LogP contribution in [0, 0.1) is 0 Å². The van der Waals surface area contributed by atoms with Gasteiger partial charge in [0.2, 0.25) is 0 Å². The molecule has 0 aromatic heterocycles. The van der Waals surface area contributed by atoms with E-state index in [4.69, 9.17) is 9.47 Å². The fourth-order valence-corrected chi connectivity index (χ4v) is 2.14. The summed E-state index contributed by atoms with van der Waals surface area (Å²) in [5.74, 6) is -1.23. The third-order valence-electron chi connectivity index (χ3n) is 2.97. The summed E-state index contributed by atoms with van der Waals surface area (Å²) < 4.78 is 10.1. The molecule has 0 radical (unpaired) electrons. The zero-order chi connectivity index (χ0) is 13.5. The number of carbonyl (C=O) groups is 2. The number of hydrogen-bond donors (Lipinski definition) is 2. The molecule has 0 saturated heterocycles. The van der Waals surface area contributed by atoms with Crippen LogP contribution in [0.1, 0.15) is 6.92 Å². The number of para-hydroxylation sites is 2. The van der Waals surface area contributed by atoms with Gasteiger partial charge in [-0.1, -0.05) is 12.1 Å². The van der Waals surface area contributed by atoms with Crippen molar-refractivity contribution in [3.63, 3.8) is 0 Å². The topological polar surface area (TPSA) is 76.7 Å². The lowest BCUT2D eigenvalue weighted by Crippen LogP contribution is -2.53. The van der Waals surface area contributed by atoms with Crippen molar-refractivity contribution in [2.45, 2.75) is 12.6 Å². The summed E-state index contributed by atoms with van der Waals surface area (Å²) in [4.78, 5) is 23.6. The van der Waals surface area contributed by atoms with E-state index in [1.165, 1.54) is 6.08 Å². The van der Waals surface area contributed by atoms with E-state index in [0.29, 0.717) is 11.4 Å². The maximum Gasteiger partial charge on any atom is 0.379 e. The summed E-state index contributed by atoms with van der Waals surface area (Å²) in [6, 6.07) is 7.29. The van der Waals surface area contributed by atoms with Crippen LogP contribution in [0.15, 0.2) is 36.0 Å². The minimum absolute atomic E-state index is 0.203. The summed E-state index contributed by atoms with van der Waals surface area (Å²) in [5.41, 5.74) is 0.186. The van der Waals surface area contributed by atoms with E-state index in [9.17, 15) is 9.59 Å². The van der Waals surface area contributed by atoms with Gasteiger partial charge in [0.1, 0.15) is 5.70 Å². The number of benzene rings is 1. The molecule has 98 valence electrons. The van der Waals surface area contributed by atoms with Crippen molar-refractivity contribution in [1.29, 1.82) is 0 Å². The van der Waals surface area contributed by atoms with Crippen molar-refractivity contribution in [1.82, 2.24) is 0 Å². The molecule has 3 rings (SSSR count). The van der Waals surface area contributed by atoms with Gasteiger partial charge in [-0.25, -0.2) is 9.59 Å². The zero-order valence-corrected chi connectivity index (χ0v) is 10.2. The Morgan fingerprint density at radius 2 is 2.11 bits per heavy atom. The number of fused-ring (bicyclic) bond motifs is 2. The number of esters is 2. The average molecular weight is 260 g/mol. The molecule has 0 fully saturated rings. The molecule has 1 aromatic rings. The molecule has 2 aliphatic rings. The molecule has 2 heterocycles. The fourth-order valence-electron chi connectivity index (χ4n) is 2.14. The summed E-state index contributed by atoms with van der Waals surface area (Å²) in [6.45, 7) is 1.90. The minimum Gasteiger partial charge on any atom is -0.461 e. The van der Waals surface area contributed by atoms with E-state index in [0.717, 1.165) is 5.69 Å². The van der Waals surface area contributed by atoms with E-state index in [2.05, 4.69) is 10.6 Å². The highest BCUT2D eigenvalue weighted by molar-refractivity contribution is 6.01. The molecule has 1 atom stereocenters. The highest BCUT2D eigenvalue weighted by Gasteiger charge is 2.54. The lowest BCUT2D eigenvalue weighted by Gasteiger charge is -2.35. The first-order chi connectivity index (χ1) is 9.15. The van der Waals surface area contributed by atoms with Gasteiger partial charge in [0, 0.05) is 6.08 Å². The minimum atomic E-state index is -1.60. The second kappa shape index (κ2) is 4.01. The number of anilines is 2. The summed E-state index contributed by atoms with van der Waals surface area (Å²) in [6.07, 6.45) is 1.25. The van der Waals surface area contributed by atoms with Gasteiger partial charge in [0.05, 0.1) is 18.0 Å². The number of carbonyl (C=O) groups excluding carboxylic acids is 2. The molecule has 0 saturated carbocycles. The number of ether oxygens (including phenoxy) is 2. The lowest BCUT2D eigenvalue weighted by atomic mass is 10.1. The Morgan fingerprint density at radius 3 is 2.84 bits per heavy atom. The normalized spacial score (nSPS) is 23.2. The van der Waals surface area contributed by atoms with Crippen LogP contribution < -0.4 is 10.6 Å². The number of hydrogen-bond acceptors (Lipinski definition) is 6. The van der Waals surface area contributed by atoms with E-state index in [1.54, 1.807) is 13.0 Å². The first-order valence-corrected chi connectivity index (χ1v) is 5.92. The summed E-state index contributed by atoms with van der Waals surface area (Å²) in [5, 5.41) is 5.96. The standard InChI is InChI=1S/C13H12N2O4/c1-2-18-12(17)13-10(7-11(16)19-13)14-8-5-3-4-6-9(8)15-13/h3-7,14-15H,2H2,1H3. The van der Waals surface area contributed by atoms with Crippen LogP contribution in [-0.4, -0.2) is 24.3 Å². The van der Waals surface area contributed by atoms with Crippen LogP contribution in [0.5, 0.6) is 0 Å². The predicted octanol–water partition coefficient (Wildman–Crippen LogP) is 1.22. The van der Waals surface area contributed by atoms with Gasteiger partial charge >= 0.3 is 17.7 Å². The quantitative estimate of drug-likeness (QED) is 0.779. The molecular weight excluding hydrogens is 248 g/mol. The fraction of sp³-hybridized carbons (Fsp3) is 0.231. The van der Waals surface area contributed by atoms with Gasteiger partial charge in [-0.05, 0) is 19.1 Å². The van der Waals surface area contributed by atoms with Gasteiger partial charge in [-0.15, -0.1) is 0 Å². The molecule has 0 bridgehead atoms. The molecule has 19 heavy (non-hydrogen) atoms. The molecular formula is C13H12N2O4. The molecule has 0 amide bonds. The smallest absolute Gasteiger partial charge is 0.379 e. The first kappa shape index (κ1) is 11.6. The van der Waals surface area contributed by atoms with Crippen molar-refractivity contribution in [2.24, 2.45) is 0 Å². The highest BCUT2D eigenvalue weighted by atomic mass is 16.6. The monoisotopic (exact) mass is 260 g/mol. The Bertz CT molecular complexity index is 596. The van der Waals surface area contributed by atoms with E-state index in [-0.39, 0.29) is 6.61 Å². The zero-order valence-electron chi connectivity index (χ0n) is 10.2. The van der Waals surface area contributed by atoms with Crippen molar-refractivity contribution < 1.29 is 19.1 Å². The van der Waals surface area contributed by atoms with Gasteiger partial charge in [-0.2, -0.15) is 0 Å². The van der Waals surface area contributed by atoms with Gasteiger partial charge in [0.15, 0.2) is 0 Å². The predicted molar refractivity (Wildman–Crippen MR) is 67.2 cm³/mol. The summed E-state index contributed by atoms with van der Waals surface area (Å²) in [7, 11) is 0.